The molecule has 1 aromatic carbocycles. The van der Waals surface area contributed by atoms with E-state index in [4.69, 9.17) is 10.8 Å². The number of carboxylic acids is 1. The van der Waals surface area contributed by atoms with Crippen molar-refractivity contribution in [2.75, 3.05) is 13.1 Å². The van der Waals surface area contributed by atoms with Gasteiger partial charge >= 0.3 is 5.97 Å². The summed E-state index contributed by atoms with van der Waals surface area (Å²) in [6.07, 6.45) is 0.295. The molecule has 0 bridgehead atoms. The SMILES string of the molecule is CC(c1cc(F)ccc1F)N1CCC(N)(C(=O)O)C1. The Kier molecular flexibility index (Phi) is 3.56. The highest BCUT2D eigenvalue weighted by Gasteiger charge is 2.43. The lowest BCUT2D eigenvalue weighted by molar-refractivity contribution is -0.142. The minimum absolute atomic E-state index is 0.124. The highest BCUT2D eigenvalue weighted by Crippen LogP contribution is 2.30. The van der Waals surface area contributed by atoms with E-state index in [1.807, 2.05) is 0 Å². The molecule has 1 heterocycles. The van der Waals surface area contributed by atoms with Crippen LogP contribution in [0.2, 0.25) is 0 Å². The highest BCUT2D eigenvalue weighted by molar-refractivity contribution is 5.79. The summed E-state index contributed by atoms with van der Waals surface area (Å²) in [5.74, 6) is -2.08. The zero-order chi connectivity index (χ0) is 14.2. The molecular weight excluding hydrogens is 254 g/mol. The Morgan fingerprint density at radius 1 is 1.53 bits per heavy atom. The fourth-order valence-electron chi connectivity index (χ4n) is 2.40. The molecule has 2 unspecified atom stereocenters. The molecule has 2 atom stereocenters. The molecule has 6 heteroatoms. The van der Waals surface area contributed by atoms with Gasteiger partial charge in [-0.3, -0.25) is 9.69 Å². The van der Waals surface area contributed by atoms with E-state index in [0.717, 1.165) is 18.2 Å². The van der Waals surface area contributed by atoms with Crippen LogP contribution in [0.4, 0.5) is 8.78 Å². The third kappa shape index (κ3) is 2.59. The summed E-state index contributed by atoms with van der Waals surface area (Å²) in [5.41, 5.74) is 4.68. The summed E-state index contributed by atoms with van der Waals surface area (Å²) in [6, 6.07) is 2.85. The third-order valence-corrected chi connectivity index (χ3v) is 3.71. The molecule has 0 saturated carbocycles. The normalized spacial score (nSPS) is 25.5. The number of rotatable bonds is 3. The van der Waals surface area contributed by atoms with Crippen LogP contribution in [0.5, 0.6) is 0 Å². The standard InChI is InChI=1S/C13H16F2N2O2/c1-8(10-6-9(14)2-3-11(10)15)17-5-4-13(16,7-17)12(18)19/h2-3,6,8H,4-5,7,16H2,1H3,(H,18,19). The van der Waals surface area contributed by atoms with Crippen molar-refractivity contribution in [1.82, 2.24) is 4.90 Å². The number of benzene rings is 1. The average Bonchev–Trinajstić information content (AvgIpc) is 2.76. The van der Waals surface area contributed by atoms with E-state index in [2.05, 4.69) is 0 Å². The smallest absolute Gasteiger partial charge is 0.325 e. The molecule has 4 nitrogen and oxygen atoms in total. The van der Waals surface area contributed by atoms with Gasteiger partial charge in [0.15, 0.2) is 0 Å². The molecule has 0 aliphatic carbocycles. The Morgan fingerprint density at radius 3 is 2.79 bits per heavy atom. The minimum atomic E-state index is -1.31. The quantitative estimate of drug-likeness (QED) is 0.873. The monoisotopic (exact) mass is 270 g/mol. The van der Waals surface area contributed by atoms with Crippen molar-refractivity contribution in [1.29, 1.82) is 0 Å². The molecule has 1 saturated heterocycles. The second-order valence-electron chi connectivity index (χ2n) is 5.02. The summed E-state index contributed by atoms with van der Waals surface area (Å²) in [7, 11) is 0. The predicted molar refractivity (Wildman–Crippen MR) is 65.5 cm³/mol. The lowest BCUT2D eigenvalue weighted by Crippen LogP contribution is -2.50. The van der Waals surface area contributed by atoms with Gasteiger partial charge in [0.1, 0.15) is 17.2 Å². The van der Waals surface area contributed by atoms with Crippen molar-refractivity contribution in [2.24, 2.45) is 5.73 Å². The fraction of sp³-hybridized carbons (Fsp3) is 0.462. The lowest BCUT2D eigenvalue weighted by atomic mass is 10.0. The van der Waals surface area contributed by atoms with Crippen LogP contribution in [0, 0.1) is 11.6 Å². The van der Waals surface area contributed by atoms with Crippen LogP contribution in [0.25, 0.3) is 0 Å². The molecule has 1 fully saturated rings. The van der Waals surface area contributed by atoms with E-state index in [1.54, 1.807) is 11.8 Å². The van der Waals surface area contributed by atoms with E-state index in [9.17, 15) is 13.6 Å². The third-order valence-electron chi connectivity index (χ3n) is 3.71. The molecule has 0 spiro atoms. The number of nitrogens with zero attached hydrogens (tertiary/aromatic N) is 1. The van der Waals surface area contributed by atoms with Crippen LogP contribution in [0.15, 0.2) is 18.2 Å². The summed E-state index contributed by atoms with van der Waals surface area (Å²) in [6.45, 7) is 2.28. The van der Waals surface area contributed by atoms with Crippen molar-refractivity contribution >= 4 is 5.97 Å². The van der Waals surface area contributed by atoms with Gasteiger partial charge in [-0.05, 0) is 31.5 Å². The van der Waals surface area contributed by atoms with Crippen molar-refractivity contribution in [3.05, 3.63) is 35.4 Å². The first kappa shape index (κ1) is 13.9. The molecule has 0 amide bonds. The molecule has 1 aromatic rings. The zero-order valence-electron chi connectivity index (χ0n) is 10.6. The van der Waals surface area contributed by atoms with Gasteiger partial charge in [0, 0.05) is 24.7 Å². The number of hydrogen-bond donors (Lipinski definition) is 2. The molecular formula is C13H16F2N2O2. The molecule has 19 heavy (non-hydrogen) atoms. The van der Waals surface area contributed by atoms with Gasteiger partial charge in [-0.15, -0.1) is 0 Å². The van der Waals surface area contributed by atoms with Crippen LogP contribution < -0.4 is 5.73 Å². The van der Waals surface area contributed by atoms with E-state index in [1.165, 1.54) is 0 Å². The maximum absolute atomic E-state index is 13.7. The number of carboxylic acid groups (broad SMARTS) is 1. The Bertz CT molecular complexity index is 509. The molecule has 1 aliphatic heterocycles. The van der Waals surface area contributed by atoms with Crippen molar-refractivity contribution in [3.8, 4) is 0 Å². The number of nitrogens with two attached hydrogens (primary N) is 1. The Labute approximate surface area is 109 Å². The van der Waals surface area contributed by atoms with Crippen LogP contribution >= 0.6 is 0 Å². The Balaban J connectivity index is 2.20. The molecule has 1 aliphatic rings. The Hall–Kier alpha value is -1.53. The number of aliphatic carboxylic acids is 1. The second kappa shape index (κ2) is 4.86. The summed E-state index contributed by atoms with van der Waals surface area (Å²) in [4.78, 5) is 12.8. The largest absolute Gasteiger partial charge is 0.480 e. The average molecular weight is 270 g/mol. The lowest BCUT2D eigenvalue weighted by Gasteiger charge is -2.26. The number of halogens is 2. The fourth-order valence-corrected chi connectivity index (χ4v) is 2.40. The van der Waals surface area contributed by atoms with Crippen LogP contribution in [0.1, 0.15) is 24.9 Å². The first-order valence-electron chi connectivity index (χ1n) is 6.05. The van der Waals surface area contributed by atoms with Gasteiger partial charge in [-0.1, -0.05) is 0 Å². The first-order chi connectivity index (χ1) is 8.83. The minimum Gasteiger partial charge on any atom is -0.480 e. The zero-order valence-corrected chi connectivity index (χ0v) is 10.6. The summed E-state index contributed by atoms with van der Waals surface area (Å²) < 4.78 is 26.9. The maximum Gasteiger partial charge on any atom is 0.325 e. The molecule has 2 rings (SSSR count). The second-order valence-corrected chi connectivity index (χ2v) is 5.02. The highest BCUT2D eigenvalue weighted by atomic mass is 19.1. The number of likely N-dealkylation sites (tertiary alicyclic amines) is 1. The topological polar surface area (TPSA) is 66.6 Å². The summed E-state index contributed by atoms with van der Waals surface area (Å²) in [5, 5.41) is 9.06. The van der Waals surface area contributed by atoms with Crippen molar-refractivity contribution < 1.29 is 18.7 Å². The van der Waals surface area contributed by atoms with Crippen molar-refractivity contribution in [2.45, 2.75) is 24.9 Å². The van der Waals surface area contributed by atoms with Gasteiger partial charge in [0.05, 0.1) is 0 Å². The van der Waals surface area contributed by atoms with Gasteiger partial charge in [-0.2, -0.15) is 0 Å². The van der Waals surface area contributed by atoms with Gasteiger partial charge < -0.3 is 10.8 Å². The first-order valence-corrected chi connectivity index (χ1v) is 6.05. The Morgan fingerprint density at radius 2 is 2.21 bits per heavy atom. The predicted octanol–water partition coefficient (Wildman–Crippen LogP) is 1.51. The number of carbonyl (C=O) groups is 1. The van der Waals surface area contributed by atoms with Gasteiger partial charge in [0.2, 0.25) is 0 Å². The van der Waals surface area contributed by atoms with Crippen molar-refractivity contribution in [3.63, 3.8) is 0 Å². The molecule has 104 valence electrons. The molecule has 0 aromatic heterocycles. The van der Waals surface area contributed by atoms with E-state index < -0.39 is 29.2 Å². The van der Waals surface area contributed by atoms with E-state index in [-0.39, 0.29) is 12.1 Å². The van der Waals surface area contributed by atoms with Crippen LogP contribution in [-0.2, 0) is 4.79 Å². The summed E-state index contributed by atoms with van der Waals surface area (Å²) >= 11 is 0. The van der Waals surface area contributed by atoms with Crippen LogP contribution in [-0.4, -0.2) is 34.6 Å². The molecule has 3 N–H and O–H groups in total. The van der Waals surface area contributed by atoms with Gasteiger partial charge in [0.25, 0.3) is 0 Å². The van der Waals surface area contributed by atoms with E-state index in [0.29, 0.717) is 13.0 Å². The maximum atomic E-state index is 13.7. The van der Waals surface area contributed by atoms with Crippen LogP contribution in [0.3, 0.4) is 0 Å². The van der Waals surface area contributed by atoms with E-state index >= 15 is 0 Å². The van der Waals surface area contributed by atoms with Gasteiger partial charge in [-0.25, -0.2) is 8.78 Å². The number of hydrogen-bond acceptors (Lipinski definition) is 3. The molecule has 0 radical (unpaired) electrons.